The van der Waals surface area contributed by atoms with E-state index < -0.39 is 0 Å². The number of benzene rings is 2. The maximum absolute atomic E-state index is 12.2. The van der Waals surface area contributed by atoms with E-state index in [0.717, 1.165) is 27.4 Å². The summed E-state index contributed by atoms with van der Waals surface area (Å²) in [4.78, 5) is 12.2. The first kappa shape index (κ1) is 18.1. The van der Waals surface area contributed by atoms with Gasteiger partial charge in [-0.15, -0.1) is 5.10 Å². The summed E-state index contributed by atoms with van der Waals surface area (Å²) in [5, 5.41) is 14.8. The van der Waals surface area contributed by atoms with Gasteiger partial charge in [-0.05, 0) is 69.5 Å². The van der Waals surface area contributed by atoms with Gasteiger partial charge in [-0.25, -0.2) is 4.68 Å². The van der Waals surface area contributed by atoms with Crippen molar-refractivity contribution in [2.45, 2.75) is 18.9 Å². The highest BCUT2D eigenvalue weighted by Crippen LogP contribution is 2.36. The van der Waals surface area contributed by atoms with E-state index in [9.17, 15) is 4.79 Å². The van der Waals surface area contributed by atoms with Crippen LogP contribution in [0, 0.1) is 0 Å². The van der Waals surface area contributed by atoms with Crippen LogP contribution in [0.3, 0.4) is 0 Å². The van der Waals surface area contributed by atoms with Crippen LogP contribution in [0.4, 0.5) is 5.69 Å². The van der Waals surface area contributed by atoms with Crippen LogP contribution < -0.4 is 10.1 Å². The molecule has 138 valence electrons. The number of hydrogen-bond acceptors (Lipinski definition) is 5. The summed E-state index contributed by atoms with van der Waals surface area (Å²) in [6.07, 6.45) is 2.19. The van der Waals surface area contributed by atoms with E-state index in [-0.39, 0.29) is 12.5 Å². The number of nitrogens with one attached hydrogen (secondary N) is 1. The molecule has 0 aliphatic heterocycles. The molecule has 1 N–H and O–H groups in total. The van der Waals surface area contributed by atoms with E-state index in [2.05, 4.69) is 52.7 Å². The zero-order valence-electron chi connectivity index (χ0n) is 14.1. The van der Waals surface area contributed by atoms with Gasteiger partial charge in [0.2, 0.25) is 0 Å². The molecular formula is C18H15Br2N5O2. The Bertz CT molecular complexity index is 987. The molecule has 3 aromatic rings. The average molecular weight is 493 g/mol. The van der Waals surface area contributed by atoms with Gasteiger partial charge in [0.1, 0.15) is 5.75 Å². The summed E-state index contributed by atoms with van der Waals surface area (Å²) in [5.41, 5.74) is 1.53. The van der Waals surface area contributed by atoms with Gasteiger partial charge < -0.3 is 10.1 Å². The summed E-state index contributed by atoms with van der Waals surface area (Å²) < 4.78 is 9.12. The Balaban J connectivity index is 1.42. The summed E-state index contributed by atoms with van der Waals surface area (Å²) in [7, 11) is 0. The second kappa shape index (κ2) is 7.77. The number of carbonyl (C=O) groups excluding carboxylic acids is 1. The third-order valence-corrected chi connectivity index (χ3v) is 5.16. The first-order valence-electron chi connectivity index (χ1n) is 8.36. The highest BCUT2D eigenvalue weighted by molar-refractivity contribution is 9.11. The zero-order valence-corrected chi connectivity index (χ0v) is 17.3. The normalized spacial score (nSPS) is 13.4. The van der Waals surface area contributed by atoms with Crippen LogP contribution in [-0.2, 0) is 4.79 Å². The van der Waals surface area contributed by atoms with Gasteiger partial charge in [0, 0.05) is 15.7 Å². The number of ether oxygens (including phenoxy) is 1. The Labute approximate surface area is 172 Å². The molecule has 0 unspecified atom stereocenters. The van der Waals surface area contributed by atoms with Gasteiger partial charge in [-0.1, -0.05) is 28.1 Å². The van der Waals surface area contributed by atoms with Crippen LogP contribution in [0.1, 0.15) is 18.9 Å². The van der Waals surface area contributed by atoms with Crippen LogP contribution in [0.2, 0.25) is 0 Å². The molecule has 2 aromatic carbocycles. The average Bonchev–Trinajstić information content (AvgIpc) is 3.37. The fraction of sp³-hybridized carbons (Fsp3) is 0.222. The molecule has 1 aliphatic rings. The molecular weight excluding hydrogens is 478 g/mol. The lowest BCUT2D eigenvalue weighted by Gasteiger charge is -2.10. The highest BCUT2D eigenvalue weighted by atomic mass is 79.9. The largest absolute Gasteiger partial charge is 0.483 e. The maximum Gasteiger partial charge on any atom is 0.262 e. The molecule has 9 heteroatoms. The number of tetrazole rings is 1. The molecule has 0 spiro atoms. The predicted octanol–water partition coefficient (Wildman–Crippen LogP) is 4.22. The van der Waals surface area contributed by atoms with Crippen LogP contribution in [-0.4, -0.2) is 32.7 Å². The minimum Gasteiger partial charge on any atom is -0.483 e. The van der Waals surface area contributed by atoms with Gasteiger partial charge in [0.25, 0.3) is 5.91 Å². The van der Waals surface area contributed by atoms with E-state index in [0.29, 0.717) is 23.3 Å². The SMILES string of the molecule is O=C(COc1ccc(Br)cc1Br)Nc1cccc(-c2nnnn2C2CC2)c1. The number of nitrogens with zero attached hydrogens (tertiary/aromatic N) is 4. The molecule has 7 nitrogen and oxygen atoms in total. The second-order valence-electron chi connectivity index (χ2n) is 6.17. The van der Waals surface area contributed by atoms with Gasteiger partial charge in [0.05, 0.1) is 10.5 Å². The Morgan fingerprint density at radius 2 is 2.07 bits per heavy atom. The molecule has 27 heavy (non-hydrogen) atoms. The van der Waals surface area contributed by atoms with Crippen molar-refractivity contribution in [2.24, 2.45) is 0 Å². The Morgan fingerprint density at radius 1 is 1.22 bits per heavy atom. The van der Waals surface area contributed by atoms with Gasteiger partial charge in [-0.3, -0.25) is 4.79 Å². The standard InChI is InChI=1S/C18H15Br2N5O2/c19-12-4-7-16(15(20)9-12)27-10-17(26)21-13-3-1-2-11(8-13)18-22-23-24-25(18)14-5-6-14/h1-4,7-9,14H,5-6,10H2,(H,21,26). The molecule has 0 saturated heterocycles. The quantitative estimate of drug-likeness (QED) is 0.557. The van der Waals surface area contributed by atoms with Crippen LogP contribution in [0.25, 0.3) is 11.4 Å². The number of aromatic nitrogens is 4. The summed E-state index contributed by atoms with van der Waals surface area (Å²) in [6.45, 7) is -0.0930. The number of hydrogen-bond donors (Lipinski definition) is 1. The minimum absolute atomic E-state index is 0.0930. The van der Waals surface area contributed by atoms with Crippen LogP contribution in [0.5, 0.6) is 5.75 Å². The Kier molecular flexibility index (Phi) is 5.22. The molecule has 1 amide bonds. The fourth-order valence-electron chi connectivity index (χ4n) is 2.62. The van der Waals surface area contributed by atoms with Gasteiger partial charge in [0.15, 0.2) is 12.4 Å². The minimum atomic E-state index is -0.247. The lowest BCUT2D eigenvalue weighted by atomic mass is 10.2. The van der Waals surface area contributed by atoms with E-state index in [1.165, 1.54) is 0 Å². The molecule has 1 aromatic heterocycles. The first-order chi connectivity index (χ1) is 13.1. The molecule has 0 atom stereocenters. The number of rotatable bonds is 6. The molecule has 1 aliphatic carbocycles. The maximum atomic E-state index is 12.2. The summed E-state index contributed by atoms with van der Waals surface area (Å²) in [5.74, 6) is 1.07. The van der Waals surface area contributed by atoms with Crippen LogP contribution >= 0.6 is 31.9 Å². The third kappa shape index (κ3) is 4.36. The van der Waals surface area contributed by atoms with E-state index in [4.69, 9.17) is 4.74 Å². The lowest BCUT2D eigenvalue weighted by molar-refractivity contribution is -0.118. The predicted molar refractivity (Wildman–Crippen MR) is 107 cm³/mol. The number of anilines is 1. The van der Waals surface area contributed by atoms with Gasteiger partial charge in [-0.2, -0.15) is 0 Å². The molecule has 0 radical (unpaired) electrons. The van der Waals surface area contributed by atoms with Crippen molar-refractivity contribution >= 4 is 43.5 Å². The monoisotopic (exact) mass is 491 g/mol. The van der Waals surface area contributed by atoms with E-state index in [1.807, 2.05) is 41.1 Å². The van der Waals surface area contributed by atoms with Crippen molar-refractivity contribution in [1.29, 1.82) is 0 Å². The molecule has 4 rings (SSSR count). The smallest absolute Gasteiger partial charge is 0.262 e. The van der Waals surface area contributed by atoms with Crippen molar-refractivity contribution in [3.63, 3.8) is 0 Å². The molecule has 1 heterocycles. The van der Waals surface area contributed by atoms with Crippen LogP contribution in [0.15, 0.2) is 51.4 Å². The second-order valence-corrected chi connectivity index (χ2v) is 7.94. The zero-order chi connectivity index (χ0) is 18.8. The Hall–Kier alpha value is -2.26. The number of amides is 1. The third-order valence-electron chi connectivity index (χ3n) is 4.04. The topological polar surface area (TPSA) is 81.9 Å². The van der Waals surface area contributed by atoms with Crippen molar-refractivity contribution in [1.82, 2.24) is 20.2 Å². The van der Waals surface area contributed by atoms with Crippen molar-refractivity contribution in [3.8, 4) is 17.1 Å². The summed E-state index contributed by atoms with van der Waals surface area (Å²) >= 11 is 6.79. The van der Waals surface area contributed by atoms with Crippen molar-refractivity contribution in [3.05, 3.63) is 51.4 Å². The lowest BCUT2D eigenvalue weighted by Crippen LogP contribution is -2.20. The van der Waals surface area contributed by atoms with Crippen molar-refractivity contribution < 1.29 is 9.53 Å². The van der Waals surface area contributed by atoms with Crippen molar-refractivity contribution in [2.75, 3.05) is 11.9 Å². The number of carbonyl (C=O) groups is 1. The first-order valence-corrected chi connectivity index (χ1v) is 9.95. The van der Waals surface area contributed by atoms with E-state index in [1.54, 1.807) is 6.07 Å². The fourth-order valence-corrected chi connectivity index (χ4v) is 3.78. The number of halogens is 2. The molecule has 0 bridgehead atoms. The highest BCUT2D eigenvalue weighted by Gasteiger charge is 2.28. The molecule has 1 saturated carbocycles. The summed E-state index contributed by atoms with van der Waals surface area (Å²) in [6, 6.07) is 13.4. The molecule has 1 fully saturated rings. The Morgan fingerprint density at radius 3 is 2.85 bits per heavy atom. The van der Waals surface area contributed by atoms with E-state index >= 15 is 0 Å². The van der Waals surface area contributed by atoms with Gasteiger partial charge >= 0.3 is 0 Å².